The lowest BCUT2D eigenvalue weighted by molar-refractivity contribution is 0.103. The van der Waals surface area contributed by atoms with Crippen LogP contribution in [0.3, 0.4) is 0 Å². The number of carbonyl (C=O) groups excluding carboxylic acids is 1. The third-order valence-electron chi connectivity index (χ3n) is 4.76. The molecular weight excluding hydrogens is 408 g/mol. The second kappa shape index (κ2) is 8.07. The molecule has 156 valence electrons. The van der Waals surface area contributed by atoms with Gasteiger partial charge in [-0.25, -0.2) is 17.2 Å². The Morgan fingerprint density at radius 2 is 1.50 bits per heavy atom. The van der Waals surface area contributed by atoms with Gasteiger partial charge < -0.3 is 0 Å². The summed E-state index contributed by atoms with van der Waals surface area (Å²) in [6.07, 6.45) is 2.78. The van der Waals surface area contributed by atoms with Gasteiger partial charge in [0.25, 0.3) is 0 Å². The number of benzene rings is 2. The summed E-state index contributed by atoms with van der Waals surface area (Å²) in [5.41, 5.74) is 0.713. The number of carbonyl (C=O) groups is 1. The number of halogens is 2. The lowest BCUT2D eigenvalue weighted by atomic mass is 9.87. The lowest BCUT2D eigenvalue weighted by Crippen LogP contribution is -2.14. The summed E-state index contributed by atoms with van der Waals surface area (Å²) in [4.78, 5) is 16.7. The zero-order valence-corrected chi connectivity index (χ0v) is 17.6. The van der Waals surface area contributed by atoms with Crippen molar-refractivity contribution < 1.29 is 22.0 Å². The molecule has 3 aromatic rings. The van der Waals surface area contributed by atoms with Gasteiger partial charge in [-0.15, -0.1) is 0 Å². The molecule has 30 heavy (non-hydrogen) atoms. The Kier molecular flexibility index (Phi) is 5.85. The Hall–Kier alpha value is -2.93. The fourth-order valence-corrected chi connectivity index (χ4v) is 4.39. The highest BCUT2D eigenvalue weighted by Gasteiger charge is 2.24. The van der Waals surface area contributed by atoms with E-state index in [1.807, 2.05) is 20.8 Å². The summed E-state index contributed by atoms with van der Waals surface area (Å²) in [6, 6.07) is 10.8. The van der Waals surface area contributed by atoms with Crippen LogP contribution in [0, 0.1) is 11.6 Å². The smallest absolute Gasteiger partial charge is 0.193 e. The van der Waals surface area contributed by atoms with E-state index in [0.29, 0.717) is 0 Å². The predicted molar refractivity (Wildman–Crippen MR) is 110 cm³/mol. The zero-order valence-electron chi connectivity index (χ0n) is 16.8. The molecule has 0 fully saturated rings. The van der Waals surface area contributed by atoms with Crippen LogP contribution >= 0.6 is 0 Å². The predicted octanol–water partition coefficient (Wildman–Crippen LogP) is 4.86. The van der Waals surface area contributed by atoms with Crippen LogP contribution in [-0.2, 0) is 21.0 Å². The molecule has 0 amide bonds. The van der Waals surface area contributed by atoms with E-state index in [0.717, 1.165) is 17.7 Å². The average molecular weight is 429 g/mol. The number of aromatic nitrogens is 1. The summed E-state index contributed by atoms with van der Waals surface area (Å²) < 4.78 is 53.6. The van der Waals surface area contributed by atoms with Crippen molar-refractivity contribution in [1.29, 1.82) is 0 Å². The molecule has 2 aromatic carbocycles. The molecule has 0 saturated carbocycles. The largest absolute Gasteiger partial charge is 0.289 e. The third kappa shape index (κ3) is 4.62. The first kappa shape index (κ1) is 21.8. The molecule has 0 unspecified atom stereocenters. The Balaban J connectivity index is 2.01. The molecule has 0 aliphatic rings. The number of hydrogen-bond donors (Lipinski definition) is 0. The molecule has 0 radical (unpaired) electrons. The molecule has 3 rings (SSSR count). The normalized spacial score (nSPS) is 12.0. The van der Waals surface area contributed by atoms with E-state index >= 15 is 0 Å². The van der Waals surface area contributed by atoms with Gasteiger partial charge in [0.1, 0.15) is 0 Å². The van der Waals surface area contributed by atoms with Crippen molar-refractivity contribution in [2.75, 3.05) is 0 Å². The van der Waals surface area contributed by atoms with E-state index in [1.54, 1.807) is 12.1 Å². The molecule has 0 atom stereocenters. The Morgan fingerprint density at radius 1 is 0.933 bits per heavy atom. The first-order valence-electron chi connectivity index (χ1n) is 9.25. The van der Waals surface area contributed by atoms with E-state index in [4.69, 9.17) is 0 Å². The highest BCUT2D eigenvalue weighted by Crippen LogP contribution is 2.27. The summed E-state index contributed by atoms with van der Waals surface area (Å²) in [5, 5.41) is 0. The SMILES string of the molecule is CC(C)(C)c1ccc(S(=O)(=O)Cc2cc(F)c(F)cc2C(=O)c2ccncc2)cc1. The molecule has 0 bridgehead atoms. The van der Waals surface area contributed by atoms with Crippen molar-refractivity contribution in [1.82, 2.24) is 4.98 Å². The second-order valence-corrected chi connectivity index (χ2v) is 10.0. The van der Waals surface area contributed by atoms with Gasteiger partial charge in [-0.3, -0.25) is 9.78 Å². The molecule has 0 aliphatic carbocycles. The Labute approximate surface area is 174 Å². The first-order chi connectivity index (χ1) is 14.0. The van der Waals surface area contributed by atoms with E-state index < -0.39 is 33.0 Å². The molecule has 0 spiro atoms. The molecule has 4 nitrogen and oxygen atoms in total. The Morgan fingerprint density at radius 3 is 2.07 bits per heavy atom. The number of hydrogen-bond acceptors (Lipinski definition) is 4. The molecular formula is C23H21F2NO3S. The van der Waals surface area contributed by atoms with E-state index in [9.17, 15) is 22.0 Å². The van der Waals surface area contributed by atoms with Gasteiger partial charge >= 0.3 is 0 Å². The van der Waals surface area contributed by atoms with Crippen LogP contribution < -0.4 is 0 Å². The van der Waals surface area contributed by atoms with Gasteiger partial charge in [-0.2, -0.15) is 0 Å². The zero-order chi connectivity index (χ0) is 22.1. The maximum absolute atomic E-state index is 13.9. The van der Waals surface area contributed by atoms with Gasteiger partial charge in [-0.1, -0.05) is 32.9 Å². The van der Waals surface area contributed by atoms with Crippen molar-refractivity contribution in [3.8, 4) is 0 Å². The van der Waals surface area contributed by atoms with Crippen molar-refractivity contribution in [3.63, 3.8) is 0 Å². The quantitative estimate of drug-likeness (QED) is 0.543. The molecule has 1 heterocycles. The summed E-state index contributed by atoms with van der Waals surface area (Å²) in [5.74, 6) is -3.67. The van der Waals surface area contributed by atoms with Crippen LogP contribution in [0.4, 0.5) is 8.78 Å². The van der Waals surface area contributed by atoms with Gasteiger partial charge in [0.2, 0.25) is 0 Å². The summed E-state index contributed by atoms with van der Waals surface area (Å²) >= 11 is 0. The third-order valence-corrected chi connectivity index (χ3v) is 6.44. The number of nitrogens with zero attached hydrogens (tertiary/aromatic N) is 1. The maximum Gasteiger partial charge on any atom is 0.193 e. The van der Waals surface area contributed by atoms with E-state index in [2.05, 4.69) is 4.98 Å². The highest BCUT2D eigenvalue weighted by molar-refractivity contribution is 7.90. The van der Waals surface area contributed by atoms with Crippen LogP contribution in [-0.4, -0.2) is 19.2 Å². The number of rotatable bonds is 5. The van der Waals surface area contributed by atoms with Crippen molar-refractivity contribution in [2.45, 2.75) is 36.8 Å². The number of sulfone groups is 1. The molecule has 7 heteroatoms. The topological polar surface area (TPSA) is 64.1 Å². The van der Waals surface area contributed by atoms with Crippen LogP contribution in [0.2, 0.25) is 0 Å². The second-order valence-electron chi connectivity index (χ2n) is 8.02. The monoisotopic (exact) mass is 429 g/mol. The molecule has 0 aliphatic heterocycles. The minimum atomic E-state index is -3.90. The fourth-order valence-electron chi connectivity index (χ4n) is 3.03. The van der Waals surface area contributed by atoms with E-state index in [1.165, 1.54) is 36.7 Å². The van der Waals surface area contributed by atoms with Crippen molar-refractivity contribution in [2.24, 2.45) is 0 Å². The summed E-state index contributed by atoms with van der Waals surface area (Å²) in [6.45, 7) is 6.03. The first-order valence-corrected chi connectivity index (χ1v) is 10.9. The number of ketones is 1. The van der Waals surface area contributed by atoms with Crippen LogP contribution in [0.1, 0.15) is 47.8 Å². The van der Waals surface area contributed by atoms with Gasteiger partial charge in [0.05, 0.1) is 10.6 Å². The maximum atomic E-state index is 13.9. The van der Waals surface area contributed by atoms with Gasteiger partial charge in [0, 0.05) is 23.5 Å². The van der Waals surface area contributed by atoms with Crippen LogP contribution in [0.25, 0.3) is 0 Å². The number of pyridine rings is 1. The van der Waals surface area contributed by atoms with Crippen LogP contribution in [0.15, 0.2) is 65.8 Å². The fraction of sp³-hybridized carbons (Fsp3) is 0.217. The average Bonchev–Trinajstić information content (AvgIpc) is 2.70. The van der Waals surface area contributed by atoms with Crippen molar-refractivity contribution in [3.05, 3.63) is 94.8 Å². The van der Waals surface area contributed by atoms with E-state index in [-0.39, 0.29) is 27.0 Å². The minimum absolute atomic E-state index is 0.0440. The van der Waals surface area contributed by atoms with Gasteiger partial charge in [0.15, 0.2) is 27.3 Å². The highest BCUT2D eigenvalue weighted by atomic mass is 32.2. The minimum Gasteiger partial charge on any atom is -0.289 e. The van der Waals surface area contributed by atoms with Gasteiger partial charge in [-0.05, 0) is 52.9 Å². The lowest BCUT2D eigenvalue weighted by Gasteiger charge is -2.19. The van der Waals surface area contributed by atoms with Crippen LogP contribution in [0.5, 0.6) is 0 Å². The standard InChI is InChI=1S/C23H21F2NO3S/c1-23(2,3)17-4-6-18(7-5-17)30(28,29)14-16-12-20(24)21(25)13-19(16)22(27)15-8-10-26-11-9-15/h4-13H,14H2,1-3H3. The van der Waals surface area contributed by atoms with Crippen molar-refractivity contribution >= 4 is 15.6 Å². The Bertz CT molecular complexity index is 1180. The summed E-state index contributed by atoms with van der Waals surface area (Å²) in [7, 11) is -3.90. The molecule has 0 saturated heterocycles. The molecule has 0 N–H and O–H groups in total. The molecule has 1 aromatic heterocycles.